The first-order valence-corrected chi connectivity index (χ1v) is 8.13. The van der Waals surface area contributed by atoms with Crippen molar-refractivity contribution < 1.29 is 9.53 Å². The molecule has 0 radical (unpaired) electrons. The molecular weight excluding hydrogens is 272 g/mol. The van der Waals surface area contributed by atoms with E-state index in [1.54, 1.807) is 0 Å². The zero-order chi connectivity index (χ0) is 15.0. The molecular formula is C15H28N2O2S. The summed E-state index contributed by atoms with van der Waals surface area (Å²) in [5, 5.41) is 3.09. The van der Waals surface area contributed by atoms with Crippen molar-refractivity contribution in [3.05, 3.63) is 0 Å². The maximum atomic E-state index is 12.1. The number of rotatable bonds is 8. The Hall–Kier alpha value is -0.680. The Kier molecular flexibility index (Phi) is 7.45. The third-order valence-corrected chi connectivity index (χ3v) is 4.67. The van der Waals surface area contributed by atoms with Gasteiger partial charge in [-0.3, -0.25) is 4.79 Å². The Morgan fingerprint density at radius 3 is 2.55 bits per heavy atom. The zero-order valence-corrected chi connectivity index (χ0v) is 13.6. The molecule has 1 rings (SSSR count). The highest BCUT2D eigenvalue weighted by Crippen LogP contribution is 2.34. The van der Waals surface area contributed by atoms with Crippen molar-refractivity contribution >= 4 is 23.1 Å². The number of thiocarbonyl (C=S) groups is 1. The molecule has 0 aromatic carbocycles. The number of hydrogen-bond acceptors (Lipinski definition) is 3. The summed E-state index contributed by atoms with van der Waals surface area (Å²) in [5.41, 5.74) is 5.45. The van der Waals surface area contributed by atoms with Crippen LogP contribution in [-0.2, 0) is 9.53 Å². The Labute approximate surface area is 127 Å². The minimum atomic E-state index is -0.455. The minimum Gasteiger partial charge on any atom is -0.391 e. The predicted molar refractivity (Wildman–Crippen MR) is 85.6 cm³/mol. The van der Waals surface area contributed by atoms with Gasteiger partial charge in [0.15, 0.2) is 0 Å². The van der Waals surface area contributed by atoms with Gasteiger partial charge in [-0.05, 0) is 44.9 Å². The lowest BCUT2D eigenvalue weighted by atomic mass is 9.75. The molecule has 1 saturated carbocycles. The maximum absolute atomic E-state index is 12.1. The Morgan fingerprint density at radius 1 is 1.40 bits per heavy atom. The van der Waals surface area contributed by atoms with Crippen LogP contribution >= 0.6 is 12.2 Å². The van der Waals surface area contributed by atoms with Crippen LogP contribution in [-0.4, -0.2) is 29.6 Å². The summed E-state index contributed by atoms with van der Waals surface area (Å²) in [6.45, 7) is 5.48. The smallest absolute Gasteiger partial charge is 0.220 e. The Morgan fingerprint density at radius 2 is 2.05 bits per heavy atom. The quantitative estimate of drug-likeness (QED) is 0.534. The lowest BCUT2D eigenvalue weighted by Crippen LogP contribution is -2.58. The normalized spacial score (nSPS) is 26.2. The van der Waals surface area contributed by atoms with Crippen molar-refractivity contribution in [3.8, 4) is 0 Å². The first-order chi connectivity index (χ1) is 9.54. The molecule has 3 N–H and O–H groups in total. The summed E-state index contributed by atoms with van der Waals surface area (Å²) in [6, 6.07) is 0. The lowest BCUT2D eigenvalue weighted by Gasteiger charge is -2.40. The number of carbonyl (C=O) groups is 1. The molecule has 0 heterocycles. The fourth-order valence-electron chi connectivity index (χ4n) is 2.82. The summed E-state index contributed by atoms with van der Waals surface area (Å²) in [4.78, 5) is 12.5. The highest BCUT2D eigenvalue weighted by atomic mass is 32.1. The fraction of sp³-hybridized carbons (Fsp3) is 0.867. The van der Waals surface area contributed by atoms with E-state index in [1.807, 2.05) is 6.92 Å². The van der Waals surface area contributed by atoms with E-state index in [2.05, 4.69) is 12.2 Å². The van der Waals surface area contributed by atoms with Crippen LogP contribution in [0, 0.1) is 5.92 Å². The topological polar surface area (TPSA) is 64.3 Å². The van der Waals surface area contributed by atoms with Crippen LogP contribution in [0.25, 0.3) is 0 Å². The molecule has 20 heavy (non-hydrogen) atoms. The number of ether oxygens (including phenoxy) is 1. The van der Waals surface area contributed by atoms with Crippen molar-refractivity contribution in [2.75, 3.05) is 13.2 Å². The van der Waals surface area contributed by atoms with Gasteiger partial charge in [0.2, 0.25) is 5.91 Å². The highest BCUT2D eigenvalue weighted by molar-refractivity contribution is 7.80. The van der Waals surface area contributed by atoms with E-state index in [9.17, 15) is 4.79 Å². The van der Waals surface area contributed by atoms with Gasteiger partial charge in [0.05, 0.1) is 10.5 Å². The fourth-order valence-corrected chi connectivity index (χ4v) is 3.08. The van der Waals surface area contributed by atoms with Crippen molar-refractivity contribution in [1.29, 1.82) is 0 Å². The molecule has 1 aliphatic rings. The van der Waals surface area contributed by atoms with Gasteiger partial charge in [-0.25, -0.2) is 0 Å². The summed E-state index contributed by atoms with van der Waals surface area (Å²) >= 11 is 5.21. The maximum Gasteiger partial charge on any atom is 0.220 e. The molecule has 1 amide bonds. The Bertz CT molecular complexity index is 326. The van der Waals surface area contributed by atoms with Gasteiger partial charge in [0.25, 0.3) is 0 Å². The number of hydrogen-bond donors (Lipinski definition) is 2. The van der Waals surface area contributed by atoms with Crippen LogP contribution in [0.2, 0.25) is 0 Å². The van der Waals surface area contributed by atoms with E-state index >= 15 is 0 Å². The average Bonchev–Trinajstić information content (AvgIpc) is 2.44. The van der Waals surface area contributed by atoms with Gasteiger partial charge in [-0.1, -0.05) is 25.6 Å². The van der Waals surface area contributed by atoms with Crippen molar-refractivity contribution in [2.45, 2.75) is 64.3 Å². The van der Waals surface area contributed by atoms with Gasteiger partial charge >= 0.3 is 0 Å². The molecule has 4 nitrogen and oxygen atoms in total. The molecule has 0 aromatic heterocycles. The van der Waals surface area contributed by atoms with E-state index in [4.69, 9.17) is 22.7 Å². The van der Waals surface area contributed by atoms with Gasteiger partial charge in [0, 0.05) is 19.6 Å². The SMILES string of the molecule is CCOCCCC(=O)NC1(C(N)=S)CCC(CC)CC1. The molecule has 1 aliphatic carbocycles. The molecule has 5 heteroatoms. The van der Waals surface area contributed by atoms with Crippen LogP contribution in [0.4, 0.5) is 0 Å². The van der Waals surface area contributed by atoms with Gasteiger partial charge in [0.1, 0.15) is 0 Å². The third-order valence-electron chi connectivity index (χ3n) is 4.28. The van der Waals surface area contributed by atoms with E-state index in [1.165, 1.54) is 6.42 Å². The molecule has 0 unspecified atom stereocenters. The summed E-state index contributed by atoms with van der Waals surface area (Å²) in [6.07, 6.45) is 6.33. The molecule has 0 bridgehead atoms. The van der Waals surface area contributed by atoms with Gasteiger partial charge < -0.3 is 15.8 Å². The molecule has 116 valence electrons. The largest absolute Gasteiger partial charge is 0.391 e. The van der Waals surface area contributed by atoms with Gasteiger partial charge in [-0.15, -0.1) is 0 Å². The molecule has 0 saturated heterocycles. The van der Waals surface area contributed by atoms with Crippen LogP contribution in [0.15, 0.2) is 0 Å². The summed E-state index contributed by atoms with van der Waals surface area (Å²) in [7, 11) is 0. The summed E-state index contributed by atoms with van der Waals surface area (Å²) in [5.74, 6) is 0.778. The van der Waals surface area contributed by atoms with Gasteiger partial charge in [-0.2, -0.15) is 0 Å². The van der Waals surface area contributed by atoms with E-state index in [0.717, 1.165) is 38.0 Å². The van der Waals surface area contributed by atoms with E-state index < -0.39 is 5.54 Å². The monoisotopic (exact) mass is 300 g/mol. The second-order valence-electron chi connectivity index (χ2n) is 5.65. The van der Waals surface area contributed by atoms with Crippen molar-refractivity contribution in [2.24, 2.45) is 11.7 Å². The first-order valence-electron chi connectivity index (χ1n) is 7.72. The second kappa shape index (κ2) is 8.57. The average molecular weight is 300 g/mol. The minimum absolute atomic E-state index is 0.0347. The lowest BCUT2D eigenvalue weighted by molar-refractivity contribution is -0.123. The Balaban J connectivity index is 2.47. The van der Waals surface area contributed by atoms with Crippen LogP contribution < -0.4 is 11.1 Å². The third kappa shape index (κ3) is 5.02. The zero-order valence-electron chi connectivity index (χ0n) is 12.7. The van der Waals surface area contributed by atoms with Crippen molar-refractivity contribution in [1.82, 2.24) is 5.32 Å². The number of carbonyl (C=O) groups excluding carboxylic acids is 1. The molecule has 0 atom stereocenters. The summed E-state index contributed by atoms with van der Waals surface area (Å²) < 4.78 is 5.24. The van der Waals surface area contributed by atoms with Crippen LogP contribution in [0.3, 0.4) is 0 Å². The standard InChI is InChI=1S/C15H28N2O2S/c1-3-12-7-9-15(10-8-12,14(16)20)17-13(18)6-5-11-19-4-2/h12H,3-11H2,1-2H3,(H2,16,20)(H,17,18). The molecule has 0 aliphatic heterocycles. The second-order valence-corrected chi connectivity index (χ2v) is 6.09. The number of amides is 1. The van der Waals surface area contributed by atoms with Crippen molar-refractivity contribution in [3.63, 3.8) is 0 Å². The number of nitrogens with two attached hydrogens (primary N) is 1. The molecule has 0 spiro atoms. The van der Waals surface area contributed by atoms with Crippen LogP contribution in [0.5, 0.6) is 0 Å². The molecule has 0 aromatic rings. The first kappa shape index (κ1) is 17.4. The van der Waals surface area contributed by atoms with E-state index in [-0.39, 0.29) is 5.91 Å². The van der Waals surface area contributed by atoms with Crippen LogP contribution in [0.1, 0.15) is 58.8 Å². The predicted octanol–water partition coefficient (Wildman–Crippen LogP) is 2.54. The molecule has 1 fully saturated rings. The highest BCUT2D eigenvalue weighted by Gasteiger charge is 2.38. The number of nitrogens with one attached hydrogen (secondary N) is 1. The van der Waals surface area contributed by atoms with E-state index in [0.29, 0.717) is 24.6 Å².